The molecule has 0 radical (unpaired) electrons. The molecule has 0 saturated carbocycles. The Morgan fingerprint density at radius 3 is 2.29 bits per heavy atom. The third kappa shape index (κ3) is 3.93. The number of halogens is 2. The second-order valence-electron chi connectivity index (χ2n) is 5.76. The minimum Gasteiger partial charge on any atom is -0.481 e. The fraction of sp³-hybridized carbons (Fsp3) is 0.429. The van der Waals surface area contributed by atoms with Gasteiger partial charge in [-0.05, 0) is 61.8 Å². The van der Waals surface area contributed by atoms with E-state index in [9.17, 15) is 19.1 Å². The summed E-state index contributed by atoms with van der Waals surface area (Å²) < 4.78 is 13.7. The Hall–Kier alpha value is -1.63. The predicted molar refractivity (Wildman–Crippen MR) is 81.8 cm³/mol. The van der Waals surface area contributed by atoms with Crippen molar-refractivity contribution in [1.29, 1.82) is 0 Å². The van der Waals surface area contributed by atoms with Gasteiger partial charge in [-0.3, -0.25) is 4.79 Å². The highest BCUT2D eigenvalue weighted by atomic mass is 79.9. The Kier molecular flexibility index (Phi) is 4.99. The maximum absolute atomic E-state index is 13.4. The van der Waals surface area contributed by atoms with E-state index in [1.165, 1.54) is 32.0 Å². The van der Waals surface area contributed by atoms with Gasteiger partial charge < -0.3 is 15.7 Å². The number of anilines is 1. The van der Waals surface area contributed by atoms with Crippen LogP contribution in [0.15, 0.2) is 22.7 Å². The van der Waals surface area contributed by atoms with Gasteiger partial charge >= 0.3 is 12.0 Å². The molecule has 2 amide bonds. The van der Waals surface area contributed by atoms with Gasteiger partial charge in [-0.15, -0.1) is 0 Å². The van der Waals surface area contributed by atoms with Crippen LogP contribution in [0.5, 0.6) is 0 Å². The van der Waals surface area contributed by atoms with Gasteiger partial charge in [0.15, 0.2) is 0 Å². The molecule has 0 aliphatic rings. The van der Waals surface area contributed by atoms with Crippen LogP contribution < -0.4 is 10.6 Å². The van der Waals surface area contributed by atoms with Gasteiger partial charge in [0.25, 0.3) is 0 Å². The lowest BCUT2D eigenvalue weighted by Crippen LogP contribution is -2.57. The number of rotatable bonds is 4. The molecule has 0 aliphatic heterocycles. The fourth-order valence-corrected chi connectivity index (χ4v) is 1.69. The summed E-state index contributed by atoms with van der Waals surface area (Å²) >= 11 is 3.02. The van der Waals surface area contributed by atoms with Crippen LogP contribution in [0.3, 0.4) is 0 Å². The Bertz CT molecular complexity index is 573. The summed E-state index contributed by atoms with van der Waals surface area (Å²) in [5.41, 5.74) is -1.90. The molecule has 0 aliphatic carbocycles. The standard InChI is InChI=1S/C14H18BrFN2O3/c1-13(2,11(19)20)14(3,4)18-12(21)17-8-5-6-9(15)10(16)7-8/h5-7H,1-4H3,(H,19,20)(H2,17,18,21). The molecule has 0 unspecified atom stereocenters. The number of aliphatic carboxylic acids is 1. The number of carboxylic acids is 1. The highest BCUT2D eigenvalue weighted by Gasteiger charge is 2.44. The van der Waals surface area contributed by atoms with Crippen LogP contribution in [0.25, 0.3) is 0 Å². The summed E-state index contributed by atoms with van der Waals surface area (Å²) in [4.78, 5) is 23.2. The topological polar surface area (TPSA) is 78.4 Å². The summed E-state index contributed by atoms with van der Waals surface area (Å²) in [6, 6.07) is 3.56. The van der Waals surface area contributed by atoms with Gasteiger partial charge in [-0.1, -0.05) is 0 Å². The summed E-state index contributed by atoms with van der Waals surface area (Å²) in [5.74, 6) is -1.53. The Morgan fingerprint density at radius 1 is 1.24 bits per heavy atom. The van der Waals surface area contributed by atoms with E-state index >= 15 is 0 Å². The molecule has 0 spiro atoms. The first-order valence-electron chi connectivity index (χ1n) is 6.25. The summed E-state index contributed by atoms with van der Waals surface area (Å²) in [7, 11) is 0. The lowest BCUT2D eigenvalue weighted by molar-refractivity contribution is -0.150. The van der Waals surface area contributed by atoms with Gasteiger partial charge in [0.2, 0.25) is 0 Å². The summed E-state index contributed by atoms with van der Waals surface area (Å²) in [6.45, 7) is 6.27. The zero-order valence-corrected chi connectivity index (χ0v) is 13.8. The highest BCUT2D eigenvalue weighted by molar-refractivity contribution is 9.10. The minimum atomic E-state index is -1.17. The number of amides is 2. The van der Waals surface area contributed by atoms with Gasteiger partial charge in [-0.2, -0.15) is 0 Å². The number of carboxylic acid groups (broad SMARTS) is 1. The lowest BCUT2D eigenvalue weighted by atomic mass is 9.74. The maximum atomic E-state index is 13.4. The monoisotopic (exact) mass is 360 g/mol. The quantitative estimate of drug-likeness (QED) is 0.767. The van der Waals surface area contributed by atoms with E-state index in [0.29, 0.717) is 4.47 Å². The van der Waals surface area contributed by atoms with Crippen molar-refractivity contribution in [2.75, 3.05) is 5.32 Å². The van der Waals surface area contributed by atoms with Gasteiger partial charge in [-0.25, -0.2) is 9.18 Å². The van der Waals surface area contributed by atoms with E-state index in [2.05, 4.69) is 26.6 Å². The average Bonchev–Trinajstić information content (AvgIpc) is 2.32. The van der Waals surface area contributed by atoms with Crippen LogP contribution in [0.1, 0.15) is 27.7 Å². The molecule has 0 heterocycles. The first kappa shape index (κ1) is 17.4. The first-order chi connectivity index (χ1) is 9.47. The molecule has 3 N–H and O–H groups in total. The van der Waals surface area contributed by atoms with E-state index in [0.717, 1.165) is 0 Å². The van der Waals surface area contributed by atoms with Crippen LogP contribution in [0.2, 0.25) is 0 Å². The molecule has 0 aromatic heterocycles. The summed E-state index contributed by atoms with van der Waals surface area (Å²) in [6.07, 6.45) is 0. The van der Waals surface area contributed by atoms with Crippen molar-refractivity contribution in [3.63, 3.8) is 0 Å². The highest BCUT2D eigenvalue weighted by Crippen LogP contribution is 2.30. The molecular formula is C14H18BrFN2O3. The number of hydrogen-bond acceptors (Lipinski definition) is 2. The second-order valence-corrected chi connectivity index (χ2v) is 6.62. The Morgan fingerprint density at radius 2 is 1.81 bits per heavy atom. The van der Waals surface area contributed by atoms with Crippen LogP contribution >= 0.6 is 15.9 Å². The first-order valence-corrected chi connectivity index (χ1v) is 7.04. The van der Waals surface area contributed by atoms with Crippen LogP contribution in [0, 0.1) is 11.2 Å². The third-order valence-corrected chi connectivity index (χ3v) is 4.34. The third-order valence-electron chi connectivity index (χ3n) is 3.70. The van der Waals surface area contributed by atoms with Crippen LogP contribution in [-0.2, 0) is 4.79 Å². The van der Waals surface area contributed by atoms with Crippen molar-refractivity contribution in [2.24, 2.45) is 5.41 Å². The molecule has 1 aromatic carbocycles. The smallest absolute Gasteiger partial charge is 0.319 e. The normalized spacial score (nSPS) is 11.9. The largest absolute Gasteiger partial charge is 0.481 e. The SMILES string of the molecule is CC(C)(NC(=O)Nc1ccc(Br)c(F)c1)C(C)(C)C(=O)O. The molecular weight excluding hydrogens is 343 g/mol. The van der Waals surface area contributed by atoms with Crippen molar-refractivity contribution < 1.29 is 19.1 Å². The van der Waals surface area contributed by atoms with Crippen molar-refractivity contribution in [2.45, 2.75) is 33.2 Å². The number of nitrogens with one attached hydrogen (secondary N) is 2. The lowest BCUT2D eigenvalue weighted by Gasteiger charge is -2.38. The van der Waals surface area contributed by atoms with E-state index in [-0.39, 0.29) is 5.69 Å². The predicted octanol–water partition coefficient (Wildman–Crippen LogP) is 3.60. The Balaban J connectivity index is 2.81. The number of carbonyl (C=O) groups excluding carboxylic acids is 1. The van der Waals surface area contributed by atoms with Gasteiger partial charge in [0.1, 0.15) is 5.82 Å². The molecule has 1 rings (SSSR count). The molecule has 0 bridgehead atoms. The summed E-state index contributed by atoms with van der Waals surface area (Å²) in [5, 5.41) is 14.3. The van der Waals surface area contributed by atoms with Crippen LogP contribution in [-0.4, -0.2) is 22.6 Å². The molecule has 7 heteroatoms. The maximum Gasteiger partial charge on any atom is 0.319 e. The molecule has 116 valence electrons. The van der Waals surface area contributed by atoms with Crippen molar-refractivity contribution in [3.05, 3.63) is 28.5 Å². The van der Waals surface area contributed by atoms with Gasteiger partial charge in [0, 0.05) is 5.69 Å². The molecule has 0 atom stereocenters. The van der Waals surface area contributed by atoms with Crippen molar-refractivity contribution >= 4 is 33.6 Å². The van der Waals surface area contributed by atoms with Crippen molar-refractivity contribution in [1.82, 2.24) is 5.32 Å². The van der Waals surface area contributed by atoms with E-state index < -0.39 is 28.8 Å². The Labute approximate surface area is 131 Å². The number of carbonyl (C=O) groups is 2. The minimum absolute atomic E-state index is 0.275. The van der Waals surface area contributed by atoms with Crippen LogP contribution in [0.4, 0.5) is 14.9 Å². The van der Waals surface area contributed by atoms with E-state index in [4.69, 9.17) is 0 Å². The molecule has 5 nitrogen and oxygen atoms in total. The van der Waals surface area contributed by atoms with E-state index in [1.807, 2.05) is 0 Å². The number of hydrogen-bond donors (Lipinski definition) is 3. The van der Waals surface area contributed by atoms with Crippen molar-refractivity contribution in [3.8, 4) is 0 Å². The number of benzene rings is 1. The zero-order valence-electron chi connectivity index (χ0n) is 12.3. The molecule has 0 fully saturated rings. The second kappa shape index (κ2) is 6.01. The molecule has 21 heavy (non-hydrogen) atoms. The zero-order chi connectivity index (χ0) is 16.4. The number of urea groups is 1. The van der Waals surface area contributed by atoms with Gasteiger partial charge in [0.05, 0.1) is 15.4 Å². The average molecular weight is 361 g/mol. The molecule has 1 aromatic rings. The van der Waals surface area contributed by atoms with E-state index in [1.54, 1.807) is 13.8 Å². The fourth-order valence-electron chi connectivity index (χ4n) is 1.44. The molecule has 0 saturated heterocycles.